The van der Waals surface area contributed by atoms with Crippen molar-refractivity contribution in [3.05, 3.63) is 29.8 Å². The number of hydrogen-bond donors (Lipinski definition) is 0. The first-order valence-electron chi connectivity index (χ1n) is 5.87. The molecule has 2 unspecified atom stereocenters. The van der Waals surface area contributed by atoms with Gasteiger partial charge in [-0.05, 0) is 29.4 Å². The summed E-state index contributed by atoms with van der Waals surface area (Å²) in [5.41, 5.74) is 1.58. The van der Waals surface area contributed by atoms with Crippen LogP contribution in [0.3, 0.4) is 0 Å². The van der Waals surface area contributed by atoms with Gasteiger partial charge < -0.3 is 0 Å². The van der Waals surface area contributed by atoms with E-state index in [4.69, 9.17) is 0 Å². The number of hydrogen-bond acceptors (Lipinski definition) is 1. The largest absolute Gasteiger partial charge is 0.122 e. The van der Waals surface area contributed by atoms with Gasteiger partial charge in [0, 0.05) is 10.1 Å². The topological polar surface area (TPSA) is 0 Å². The number of rotatable bonds is 2. The van der Waals surface area contributed by atoms with Gasteiger partial charge in [-0.1, -0.05) is 45.9 Å². The van der Waals surface area contributed by atoms with Gasteiger partial charge in [0.2, 0.25) is 0 Å². The van der Waals surface area contributed by atoms with Crippen molar-refractivity contribution in [1.29, 1.82) is 0 Å². The number of benzene rings is 1. The summed E-state index contributed by atoms with van der Waals surface area (Å²) in [6.07, 6.45) is 0. The van der Waals surface area contributed by atoms with Crippen LogP contribution in [0.25, 0.3) is 0 Å². The van der Waals surface area contributed by atoms with Gasteiger partial charge in [0.05, 0.1) is 0 Å². The predicted octanol–water partition coefficient (Wildman–Crippen LogP) is 4.56. The third-order valence-electron chi connectivity index (χ3n) is 3.27. The van der Waals surface area contributed by atoms with Gasteiger partial charge in [-0.3, -0.25) is 0 Å². The average molecular weight is 220 g/mol. The van der Waals surface area contributed by atoms with Crippen LogP contribution in [0.2, 0.25) is 0 Å². The highest BCUT2D eigenvalue weighted by Crippen LogP contribution is 2.51. The summed E-state index contributed by atoms with van der Waals surface area (Å²) < 4.78 is 0. The molecule has 2 atom stereocenters. The lowest BCUT2D eigenvalue weighted by Gasteiger charge is -2.26. The molecule has 1 aliphatic heterocycles. The molecule has 0 fully saturated rings. The van der Waals surface area contributed by atoms with Gasteiger partial charge >= 0.3 is 0 Å². The summed E-state index contributed by atoms with van der Waals surface area (Å²) in [7, 11) is 0. The Kier molecular flexibility index (Phi) is 3.11. The highest BCUT2D eigenvalue weighted by molar-refractivity contribution is 8.00. The molecule has 0 spiro atoms. The Bertz CT molecular complexity index is 341. The summed E-state index contributed by atoms with van der Waals surface area (Å²) >= 11 is 2.08. The van der Waals surface area contributed by atoms with Crippen LogP contribution in [0.15, 0.2) is 29.2 Å². The Hall–Kier alpha value is -0.430. The van der Waals surface area contributed by atoms with E-state index in [-0.39, 0.29) is 0 Å². The summed E-state index contributed by atoms with van der Waals surface area (Å²) in [5, 5.41) is 0.766. The molecule has 0 radical (unpaired) electrons. The Morgan fingerprint density at radius 1 is 1.00 bits per heavy atom. The quantitative estimate of drug-likeness (QED) is 0.704. The molecule has 0 nitrogen and oxygen atoms in total. The molecule has 1 aromatic carbocycles. The van der Waals surface area contributed by atoms with E-state index >= 15 is 0 Å². The van der Waals surface area contributed by atoms with Crippen molar-refractivity contribution < 1.29 is 0 Å². The van der Waals surface area contributed by atoms with Crippen LogP contribution in [0, 0.1) is 11.8 Å². The average Bonchev–Trinajstić information content (AvgIpc) is 2.56. The van der Waals surface area contributed by atoms with E-state index in [1.165, 1.54) is 4.90 Å². The molecule has 1 heterocycles. The zero-order valence-electron chi connectivity index (χ0n) is 10.0. The molecule has 0 bridgehead atoms. The SMILES string of the molecule is CC(C)C1Sc2ccccc2C1C(C)C. The zero-order valence-corrected chi connectivity index (χ0v) is 10.8. The third kappa shape index (κ3) is 1.94. The van der Waals surface area contributed by atoms with Crippen molar-refractivity contribution in [3.8, 4) is 0 Å². The van der Waals surface area contributed by atoms with E-state index in [0.29, 0.717) is 0 Å². The van der Waals surface area contributed by atoms with Crippen LogP contribution in [-0.2, 0) is 0 Å². The summed E-state index contributed by atoms with van der Waals surface area (Å²) in [6, 6.07) is 8.93. The molecule has 15 heavy (non-hydrogen) atoms. The Morgan fingerprint density at radius 2 is 1.67 bits per heavy atom. The van der Waals surface area contributed by atoms with Gasteiger partial charge in [-0.15, -0.1) is 11.8 Å². The minimum absolute atomic E-state index is 0.742. The Balaban J connectivity index is 2.38. The molecule has 1 heteroatoms. The van der Waals surface area contributed by atoms with Gasteiger partial charge in [-0.25, -0.2) is 0 Å². The highest BCUT2D eigenvalue weighted by Gasteiger charge is 2.36. The lowest BCUT2D eigenvalue weighted by atomic mass is 9.82. The third-order valence-corrected chi connectivity index (χ3v) is 5.01. The molecule has 0 saturated carbocycles. The van der Waals surface area contributed by atoms with Crippen molar-refractivity contribution in [2.75, 3.05) is 0 Å². The van der Waals surface area contributed by atoms with Crippen LogP contribution in [0.5, 0.6) is 0 Å². The molecule has 0 N–H and O–H groups in total. The van der Waals surface area contributed by atoms with Gasteiger partial charge in [0.15, 0.2) is 0 Å². The van der Waals surface area contributed by atoms with Crippen LogP contribution in [-0.4, -0.2) is 5.25 Å². The fourth-order valence-corrected chi connectivity index (χ4v) is 4.22. The molecular formula is C14H20S. The van der Waals surface area contributed by atoms with Gasteiger partial charge in [-0.2, -0.15) is 0 Å². The Labute approximate surface area is 97.5 Å². The smallest absolute Gasteiger partial charge is 0.0189 e. The van der Waals surface area contributed by atoms with E-state index < -0.39 is 0 Å². The molecular weight excluding hydrogens is 200 g/mol. The maximum absolute atomic E-state index is 2.35. The molecule has 1 aromatic rings. The van der Waals surface area contributed by atoms with E-state index in [0.717, 1.165) is 23.0 Å². The fraction of sp³-hybridized carbons (Fsp3) is 0.571. The second-order valence-electron chi connectivity index (χ2n) is 5.13. The first-order valence-corrected chi connectivity index (χ1v) is 6.74. The van der Waals surface area contributed by atoms with Crippen LogP contribution in [0.1, 0.15) is 39.2 Å². The minimum Gasteiger partial charge on any atom is -0.122 e. The predicted molar refractivity (Wildman–Crippen MR) is 68.5 cm³/mol. The molecule has 2 rings (SSSR count). The minimum atomic E-state index is 0.742. The highest BCUT2D eigenvalue weighted by atomic mass is 32.2. The Morgan fingerprint density at radius 3 is 2.27 bits per heavy atom. The molecule has 0 amide bonds. The van der Waals surface area contributed by atoms with E-state index in [9.17, 15) is 0 Å². The second-order valence-corrected chi connectivity index (χ2v) is 6.35. The summed E-state index contributed by atoms with van der Waals surface area (Å²) in [5.74, 6) is 2.24. The van der Waals surface area contributed by atoms with Crippen molar-refractivity contribution in [3.63, 3.8) is 0 Å². The van der Waals surface area contributed by atoms with E-state index in [1.54, 1.807) is 5.56 Å². The van der Waals surface area contributed by atoms with Crippen LogP contribution < -0.4 is 0 Å². The molecule has 0 aliphatic carbocycles. The lowest BCUT2D eigenvalue weighted by molar-refractivity contribution is 0.427. The summed E-state index contributed by atoms with van der Waals surface area (Å²) in [6.45, 7) is 9.39. The zero-order chi connectivity index (χ0) is 11.0. The van der Waals surface area contributed by atoms with Crippen molar-refractivity contribution in [1.82, 2.24) is 0 Å². The van der Waals surface area contributed by atoms with E-state index in [2.05, 4.69) is 63.7 Å². The second kappa shape index (κ2) is 4.21. The summed E-state index contributed by atoms with van der Waals surface area (Å²) in [4.78, 5) is 1.51. The fourth-order valence-electron chi connectivity index (χ4n) is 2.55. The normalized spacial score (nSPS) is 24.9. The molecule has 0 aromatic heterocycles. The van der Waals surface area contributed by atoms with Crippen LogP contribution >= 0.6 is 11.8 Å². The van der Waals surface area contributed by atoms with Crippen LogP contribution in [0.4, 0.5) is 0 Å². The van der Waals surface area contributed by atoms with Gasteiger partial charge in [0.25, 0.3) is 0 Å². The molecule has 82 valence electrons. The monoisotopic (exact) mass is 220 g/mol. The van der Waals surface area contributed by atoms with Crippen molar-refractivity contribution in [2.45, 2.75) is 43.8 Å². The first-order chi connectivity index (χ1) is 7.11. The maximum Gasteiger partial charge on any atom is 0.0189 e. The number of fused-ring (bicyclic) bond motifs is 1. The standard InChI is InChI=1S/C14H20S/c1-9(2)13-11-7-5-6-8-12(11)15-14(13)10(3)4/h5-10,13-14H,1-4H3. The molecule has 1 aliphatic rings. The lowest BCUT2D eigenvalue weighted by Crippen LogP contribution is -2.21. The number of thioether (sulfide) groups is 1. The molecule has 0 saturated heterocycles. The van der Waals surface area contributed by atoms with Crippen molar-refractivity contribution in [2.24, 2.45) is 11.8 Å². The van der Waals surface area contributed by atoms with Crippen molar-refractivity contribution >= 4 is 11.8 Å². The maximum atomic E-state index is 2.35. The van der Waals surface area contributed by atoms with Gasteiger partial charge in [0.1, 0.15) is 0 Å². The first kappa shape index (κ1) is 11.1. The van der Waals surface area contributed by atoms with E-state index in [1.807, 2.05) is 0 Å².